The van der Waals surface area contributed by atoms with Crippen LogP contribution in [0.4, 0.5) is 11.9 Å². The number of hydrogen-bond acceptors (Lipinski definition) is 8. The molecule has 0 saturated heterocycles. The Balaban J connectivity index is 1.59. The van der Waals surface area contributed by atoms with Gasteiger partial charge < -0.3 is 0 Å². The third-order valence-corrected chi connectivity index (χ3v) is 5.54. The predicted octanol–water partition coefficient (Wildman–Crippen LogP) is 4.08. The Bertz CT molecular complexity index is 1330. The van der Waals surface area contributed by atoms with Gasteiger partial charge in [-0.15, -0.1) is 0 Å². The molecular formula is C22H23N7OS. The average molecular weight is 434 g/mol. The summed E-state index contributed by atoms with van der Waals surface area (Å²) in [5.41, 5.74) is 6.16. The van der Waals surface area contributed by atoms with Gasteiger partial charge in [-0.2, -0.15) is 0 Å². The van der Waals surface area contributed by atoms with Crippen LogP contribution in [0.25, 0.3) is 10.9 Å². The van der Waals surface area contributed by atoms with Gasteiger partial charge in [-0.05, 0) is 52.3 Å². The van der Waals surface area contributed by atoms with Crippen LogP contribution in [0.5, 0.6) is 0 Å². The van der Waals surface area contributed by atoms with Crippen LogP contribution in [0.1, 0.15) is 33.9 Å². The minimum atomic E-state index is -0.251. The van der Waals surface area contributed by atoms with E-state index in [-0.39, 0.29) is 5.56 Å². The summed E-state index contributed by atoms with van der Waals surface area (Å²) in [6, 6.07) is 7.56. The van der Waals surface area contributed by atoms with E-state index in [1.54, 1.807) is 0 Å². The molecule has 0 aliphatic carbocycles. The van der Waals surface area contributed by atoms with E-state index in [1.165, 1.54) is 23.4 Å². The van der Waals surface area contributed by atoms with Crippen molar-refractivity contribution in [2.45, 2.75) is 45.5 Å². The molecule has 0 aliphatic rings. The van der Waals surface area contributed by atoms with Gasteiger partial charge in [0, 0.05) is 28.6 Å². The minimum Gasteiger partial charge on any atom is -0.294 e. The normalized spacial score (nSPS) is 11.1. The largest absolute Gasteiger partial charge is 0.294 e. The Morgan fingerprint density at radius 3 is 2.39 bits per heavy atom. The zero-order valence-corrected chi connectivity index (χ0v) is 18.9. The zero-order chi connectivity index (χ0) is 22.1. The molecule has 1 aromatic carbocycles. The van der Waals surface area contributed by atoms with Crippen LogP contribution in [-0.2, 0) is 5.75 Å². The maximum absolute atomic E-state index is 12.2. The second-order valence-electron chi connectivity index (χ2n) is 7.54. The number of fused-ring (bicyclic) bond motifs is 1. The molecule has 0 radical (unpaired) electrons. The SMILES string of the molecule is Cc1cc(C)c2nc(Nc3nc(CSc4nc(C)cc(C)n4)cc(=O)[nH]3)nc(C)c2c1. The van der Waals surface area contributed by atoms with Crippen molar-refractivity contribution in [3.05, 3.63) is 68.5 Å². The summed E-state index contributed by atoms with van der Waals surface area (Å²) in [5.74, 6) is 1.16. The number of nitrogens with zero attached hydrogens (tertiary/aromatic N) is 5. The van der Waals surface area contributed by atoms with Gasteiger partial charge in [0.25, 0.3) is 5.56 Å². The highest BCUT2D eigenvalue weighted by Gasteiger charge is 2.10. The third-order valence-electron chi connectivity index (χ3n) is 4.66. The fraction of sp³-hybridized carbons (Fsp3) is 0.273. The van der Waals surface area contributed by atoms with Crippen molar-refractivity contribution in [3.8, 4) is 0 Å². The number of thioether (sulfide) groups is 1. The molecule has 4 aromatic rings. The van der Waals surface area contributed by atoms with Crippen molar-refractivity contribution in [3.63, 3.8) is 0 Å². The first-order valence-corrected chi connectivity index (χ1v) is 10.8. The topological polar surface area (TPSA) is 109 Å². The molecule has 0 atom stereocenters. The summed E-state index contributed by atoms with van der Waals surface area (Å²) in [5, 5.41) is 4.72. The van der Waals surface area contributed by atoms with E-state index in [2.05, 4.69) is 54.3 Å². The smallest absolute Gasteiger partial charge is 0.252 e. The van der Waals surface area contributed by atoms with E-state index in [0.717, 1.165) is 33.5 Å². The fourth-order valence-corrected chi connectivity index (χ4v) is 4.28. The van der Waals surface area contributed by atoms with Crippen LogP contribution in [0, 0.1) is 34.6 Å². The van der Waals surface area contributed by atoms with Gasteiger partial charge in [-0.1, -0.05) is 23.4 Å². The Labute approximate surface area is 184 Å². The number of aromatic amines is 1. The number of benzene rings is 1. The Hall–Kier alpha value is -3.33. The van der Waals surface area contributed by atoms with Gasteiger partial charge in [0.15, 0.2) is 5.16 Å². The lowest BCUT2D eigenvalue weighted by atomic mass is 10.1. The monoisotopic (exact) mass is 433 g/mol. The van der Waals surface area contributed by atoms with Crippen molar-refractivity contribution >= 4 is 34.6 Å². The van der Waals surface area contributed by atoms with Crippen LogP contribution < -0.4 is 10.9 Å². The lowest BCUT2D eigenvalue weighted by molar-refractivity contribution is 0.900. The molecule has 0 unspecified atom stereocenters. The van der Waals surface area contributed by atoms with Gasteiger partial charge in [0.2, 0.25) is 11.9 Å². The lowest BCUT2D eigenvalue weighted by Gasteiger charge is -2.10. The highest BCUT2D eigenvalue weighted by atomic mass is 32.2. The van der Waals surface area contributed by atoms with Crippen LogP contribution in [0.3, 0.4) is 0 Å². The third kappa shape index (κ3) is 4.88. The summed E-state index contributed by atoms with van der Waals surface area (Å²) < 4.78 is 0. The van der Waals surface area contributed by atoms with Crippen molar-refractivity contribution in [2.75, 3.05) is 5.32 Å². The fourth-order valence-electron chi connectivity index (χ4n) is 3.43. The standard InChI is InChI=1S/C22H23N7OS/c1-11-6-12(2)19-17(7-11)15(5)25-20(28-19)29-21-26-16(9-18(30)27-21)10-31-22-23-13(3)8-14(4)24-22/h6-9H,10H2,1-5H3,(H2,25,26,27,28,29,30). The number of nitrogens with one attached hydrogen (secondary N) is 2. The Morgan fingerprint density at radius 1 is 0.903 bits per heavy atom. The van der Waals surface area contributed by atoms with Crippen LogP contribution in [0.2, 0.25) is 0 Å². The summed E-state index contributed by atoms with van der Waals surface area (Å²) in [6.45, 7) is 9.89. The number of H-pyrrole nitrogens is 1. The maximum Gasteiger partial charge on any atom is 0.252 e. The van der Waals surface area contributed by atoms with E-state index < -0.39 is 0 Å². The van der Waals surface area contributed by atoms with E-state index in [1.807, 2.05) is 33.8 Å². The van der Waals surface area contributed by atoms with Gasteiger partial charge in [0.1, 0.15) is 0 Å². The first-order chi connectivity index (χ1) is 14.8. The first-order valence-electron chi connectivity index (χ1n) is 9.85. The van der Waals surface area contributed by atoms with E-state index in [9.17, 15) is 4.79 Å². The molecule has 3 heterocycles. The van der Waals surface area contributed by atoms with E-state index in [4.69, 9.17) is 0 Å². The van der Waals surface area contributed by atoms with Gasteiger partial charge in [-0.3, -0.25) is 15.1 Å². The molecule has 2 N–H and O–H groups in total. The maximum atomic E-state index is 12.2. The zero-order valence-electron chi connectivity index (χ0n) is 18.1. The molecule has 0 bridgehead atoms. The molecule has 0 spiro atoms. The summed E-state index contributed by atoms with van der Waals surface area (Å²) >= 11 is 1.44. The van der Waals surface area contributed by atoms with Crippen LogP contribution in [0.15, 0.2) is 34.2 Å². The highest BCUT2D eigenvalue weighted by Crippen LogP contribution is 2.23. The molecule has 0 amide bonds. The van der Waals surface area contributed by atoms with Crippen molar-refractivity contribution in [2.24, 2.45) is 0 Å². The lowest BCUT2D eigenvalue weighted by Crippen LogP contribution is -2.13. The Morgan fingerprint density at radius 2 is 1.65 bits per heavy atom. The summed E-state index contributed by atoms with van der Waals surface area (Å²) in [7, 11) is 0. The predicted molar refractivity (Wildman–Crippen MR) is 123 cm³/mol. The van der Waals surface area contributed by atoms with E-state index in [0.29, 0.717) is 28.5 Å². The molecule has 31 heavy (non-hydrogen) atoms. The number of anilines is 2. The first kappa shape index (κ1) is 20.9. The second kappa shape index (κ2) is 8.43. The number of hydrogen-bond donors (Lipinski definition) is 2. The second-order valence-corrected chi connectivity index (χ2v) is 8.49. The molecule has 0 saturated carbocycles. The molecule has 3 aromatic heterocycles. The molecule has 158 valence electrons. The Kier molecular flexibility index (Phi) is 5.69. The molecular weight excluding hydrogens is 410 g/mol. The average Bonchev–Trinajstić information content (AvgIpc) is 2.66. The molecule has 0 fully saturated rings. The van der Waals surface area contributed by atoms with E-state index >= 15 is 0 Å². The molecule has 9 heteroatoms. The van der Waals surface area contributed by atoms with Crippen molar-refractivity contribution in [1.29, 1.82) is 0 Å². The van der Waals surface area contributed by atoms with Gasteiger partial charge in [0.05, 0.1) is 16.9 Å². The highest BCUT2D eigenvalue weighted by molar-refractivity contribution is 7.98. The molecule has 0 aliphatic heterocycles. The number of aryl methyl sites for hydroxylation is 5. The van der Waals surface area contributed by atoms with Gasteiger partial charge in [-0.25, -0.2) is 24.9 Å². The number of aromatic nitrogens is 6. The quantitative estimate of drug-likeness (QED) is 0.358. The van der Waals surface area contributed by atoms with Gasteiger partial charge >= 0.3 is 0 Å². The molecule has 4 rings (SSSR count). The summed E-state index contributed by atoms with van der Waals surface area (Å²) in [6.07, 6.45) is 0. The minimum absolute atomic E-state index is 0.251. The number of rotatable bonds is 5. The van der Waals surface area contributed by atoms with Crippen molar-refractivity contribution < 1.29 is 0 Å². The summed E-state index contributed by atoms with van der Waals surface area (Å²) in [4.78, 5) is 37.4. The van der Waals surface area contributed by atoms with Crippen molar-refractivity contribution in [1.82, 2.24) is 29.9 Å². The van der Waals surface area contributed by atoms with Crippen LogP contribution >= 0.6 is 11.8 Å². The van der Waals surface area contributed by atoms with Crippen LogP contribution in [-0.4, -0.2) is 29.9 Å². The molecule has 8 nitrogen and oxygen atoms in total.